The van der Waals surface area contributed by atoms with Crippen molar-refractivity contribution in [3.63, 3.8) is 0 Å². The van der Waals surface area contributed by atoms with Crippen LogP contribution in [-0.2, 0) is 0 Å². The first-order valence-corrected chi connectivity index (χ1v) is 10.8. The Bertz CT molecular complexity index is 1100. The van der Waals surface area contributed by atoms with Crippen molar-refractivity contribution in [3.8, 4) is 17.2 Å². The van der Waals surface area contributed by atoms with Crippen LogP contribution in [0.1, 0.15) is 17.3 Å². The molecule has 0 saturated heterocycles. The molecular weight excluding hydrogens is 436 g/mol. The van der Waals surface area contributed by atoms with Gasteiger partial charge >= 0.3 is 0 Å². The van der Waals surface area contributed by atoms with E-state index in [4.69, 9.17) is 26.4 Å². The summed E-state index contributed by atoms with van der Waals surface area (Å²) in [6, 6.07) is 23.7. The maximum atomic E-state index is 12.7. The summed E-state index contributed by atoms with van der Waals surface area (Å²) in [7, 11) is 0. The van der Waals surface area contributed by atoms with Gasteiger partial charge in [0, 0.05) is 5.56 Å². The van der Waals surface area contributed by atoms with Crippen LogP contribution in [0.15, 0.2) is 91.0 Å². The van der Waals surface area contributed by atoms with Crippen LogP contribution >= 0.6 is 12.2 Å². The average Bonchev–Trinajstić information content (AvgIpc) is 2.82. The minimum Gasteiger partial charge on any atom is -0.490 e. The Morgan fingerprint density at radius 2 is 1.55 bits per heavy atom. The van der Waals surface area contributed by atoms with Crippen molar-refractivity contribution in [1.29, 1.82) is 0 Å². The van der Waals surface area contributed by atoms with Crippen LogP contribution in [0.3, 0.4) is 0 Å². The van der Waals surface area contributed by atoms with E-state index < -0.39 is 0 Å². The van der Waals surface area contributed by atoms with Crippen LogP contribution in [0.4, 0.5) is 5.69 Å². The fraction of sp³-hybridized carbons (Fsp3) is 0.154. The Morgan fingerprint density at radius 1 is 0.879 bits per heavy atom. The molecule has 1 amide bonds. The minimum atomic E-state index is -0.348. The molecule has 0 bridgehead atoms. The molecule has 0 radical (unpaired) electrons. The van der Waals surface area contributed by atoms with E-state index in [2.05, 4.69) is 17.2 Å². The highest BCUT2D eigenvalue weighted by molar-refractivity contribution is 7.80. The van der Waals surface area contributed by atoms with Crippen LogP contribution in [0, 0.1) is 0 Å². The molecule has 0 saturated carbocycles. The SMILES string of the molecule is C=C(C)COc1ccccc1NC(=S)NC(=O)c1cccc(OCCOc2ccccc2)c1. The third kappa shape index (κ3) is 7.97. The summed E-state index contributed by atoms with van der Waals surface area (Å²) in [5.74, 6) is 1.61. The molecule has 3 rings (SSSR count). The number of ether oxygens (including phenoxy) is 3. The molecule has 0 fully saturated rings. The molecule has 0 unspecified atom stereocenters. The molecule has 3 aromatic rings. The number of nitrogens with one attached hydrogen (secondary N) is 2. The summed E-state index contributed by atoms with van der Waals surface area (Å²) < 4.78 is 17.0. The van der Waals surface area contributed by atoms with Crippen molar-refractivity contribution in [2.24, 2.45) is 0 Å². The molecule has 0 aliphatic rings. The molecule has 33 heavy (non-hydrogen) atoms. The monoisotopic (exact) mass is 462 g/mol. The Labute approximate surface area is 199 Å². The number of carbonyl (C=O) groups excluding carboxylic acids is 1. The topological polar surface area (TPSA) is 68.8 Å². The van der Waals surface area contributed by atoms with E-state index in [1.165, 1.54) is 0 Å². The van der Waals surface area contributed by atoms with Crippen LogP contribution in [-0.4, -0.2) is 30.8 Å². The van der Waals surface area contributed by atoms with Gasteiger partial charge in [-0.15, -0.1) is 0 Å². The van der Waals surface area contributed by atoms with E-state index in [1.807, 2.05) is 61.5 Å². The zero-order chi connectivity index (χ0) is 23.5. The summed E-state index contributed by atoms with van der Waals surface area (Å²) in [6.07, 6.45) is 0. The molecule has 6 nitrogen and oxygen atoms in total. The molecule has 3 aromatic carbocycles. The third-order valence-electron chi connectivity index (χ3n) is 4.30. The van der Waals surface area contributed by atoms with Crippen molar-refractivity contribution in [3.05, 3.63) is 96.6 Å². The van der Waals surface area contributed by atoms with Crippen molar-refractivity contribution >= 4 is 28.9 Å². The van der Waals surface area contributed by atoms with Gasteiger partial charge in [0.2, 0.25) is 0 Å². The number of rotatable bonds is 10. The van der Waals surface area contributed by atoms with Gasteiger partial charge < -0.3 is 19.5 Å². The number of amides is 1. The zero-order valence-corrected chi connectivity index (χ0v) is 19.2. The van der Waals surface area contributed by atoms with Crippen LogP contribution in [0.2, 0.25) is 0 Å². The Hall–Kier alpha value is -3.84. The second kappa shape index (κ2) is 12.3. The normalized spacial score (nSPS) is 10.1. The highest BCUT2D eigenvalue weighted by atomic mass is 32.1. The van der Waals surface area contributed by atoms with Crippen LogP contribution in [0.5, 0.6) is 17.2 Å². The van der Waals surface area contributed by atoms with E-state index in [0.717, 1.165) is 11.3 Å². The summed E-state index contributed by atoms with van der Waals surface area (Å²) in [5.41, 5.74) is 1.97. The molecule has 0 aromatic heterocycles. The number of benzene rings is 3. The minimum absolute atomic E-state index is 0.161. The first kappa shape index (κ1) is 23.8. The first-order valence-electron chi connectivity index (χ1n) is 10.4. The zero-order valence-electron chi connectivity index (χ0n) is 18.4. The summed E-state index contributed by atoms with van der Waals surface area (Å²) in [5, 5.41) is 5.85. The van der Waals surface area contributed by atoms with E-state index in [-0.39, 0.29) is 11.0 Å². The Morgan fingerprint density at radius 3 is 2.30 bits per heavy atom. The lowest BCUT2D eigenvalue weighted by Gasteiger charge is -2.14. The lowest BCUT2D eigenvalue weighted by atomic mass is 10.2. The standard InChI is InChI=1S/C26H26N2O4S/c1-19(2)18-32-24-14-7-6-13-23(24)27-26(33)28-25(29)20-9-8-12-22(17-20)31-16-15-30-21-10-4-3-5-11-21/h3-14,17H,1,15-16,18H2,2H3,(H2,27,28,29,33). The van der Waals surface area contributed by atoms with Crippen molar-refractivity contribution < 1.29 is 19.0 Å². The first-order chi connectivity index (χ1) is 16.0. The second-order valence-corrected chi connectivity index (χ2v) is 7.60. The van der Waals surface area contributed by atoms with Gasteiger partial charge in [-0.3, -0.25) is 10.1 Å². The maximum Gasteiger partial charge on any atom is 0.257 e. The van der Waals surface area contributed by atoms with E-state index in [9.17, 15) is 4.79 Å². The van der Waals surface area contributed by atoms with Gasteiger partial charge in [-0.2, -0.15) is 0 Å². The molecular formula is C26H26N2O4S. The molecule has 170 valence electrons. The number of carbonyl (C=O) groups is 1. The lowest BCUT2D eigenvalue weighted by Crippen LogP contribution is -2.34. The predicted molar refractivity (Wildman–Crippen MR) is 134 cm³/mol. The van der Waals surface area contributed by atoms with Gasteiger partial charge in [-0.1, -0.05) is 43.0 Å². The molecule has 0 heterocycles. The number of thiocarbonyl (C=S) groups is 1. The van der Waals surface area contributed by atoms with Gasteiger partial charge in [-0.05, 0) is 67.2 Å². The van der Waals surface area contributed by atoms with Crippen molar-refractivity contribution in [2.45, 2.75) is 6.92 Å². The Balaban J connectivity index is 1.51. The summed E-state index contributed by atoms with van der Waals surface area (Å²) in [6.45, 7) is 6.84. The van der Waals surface area contributed by atoms with Gasteiger partial charge in [-0.25, -0.2) is 0 Å². The highest BCUT2D eigenvalue weighted by Gasteiger charge is 2.11. The fourth-order valence-corrected chi connectivity index (χ4v) is 2.99. The average molecular weight is 463 g/mol. The maximum absolute atomic E-state index is 12.7. The molecule has 0 aliphatic carbocycles. The number of para-hydroxylation sites is 3. The predicted octanol–water partition coefficient (Wildman–Crippen LogP) is 5.23. The van der Waals surface area contributed by atoms with Gasteiger partial charge in [0.1, 0.15) is 37.1 Å². The molecule has 2 N–H and O–H groups in total. The van der Waals surface area contributed by atoms with Gasteiger partial charge in [0.05, 0.1) is 5.69 Å². The van der Waals surface area contributed by atoms with E-state index >= 15 is 0 Å². The quantitative estimate of drug-likeness (QED) is 0.244. The van der Waals surface area contributed by atoms with Gasteiger partial charge in [0.25, 0.3) is 5.91 Å². The number of anilines is 1. The number of hydrogen-bond donors (Lipinski definition) is 2. The fourth-order valence-electron chi connectivity index (χ4n) is 2.79. The third-order valence-corrected chi connectivity index (χ3v) is 4.50. The van der Waals surface area contributed by atoms with Crippen molar-refractivity contribution in [1.82, 2.24) is 5.32 Å². The van der Waals surface area contributed by atoms with Crippen molar-refractivity contribution in [2.75, 3.05) is 25.1 Å². The number of hydrogen-bond acceptors (Lipinski definition) is 5. The highest BCUT2D eigenvalue weighted by Crippen LogP contribution is 2.24. The molecule has 0 spiro atoms. The molecule has 7 heteroatoms. The summed E-state index contributed by atoms with van der Waals surface area (Å²) >= 11 is 5.31. The van der Waals surface area contributed by atoms with Gasteiger partial charge in [0.15, 0.2) is 5.11 Å². The van der Waals surface area contributed by atoms with Crippen LogP contribution < -0.4 is 24.8 Å². The second-order valence-electron chi connectivity index (χ2n) is 7.19. The molecule has 0 atom stereocenters. The lowest BCUT2D eigenvalue weighted by molar-refractivity contribution is 0.0977. The van der Waals surface area contributed by atoms with E-state index in [0.29, 0.717) is 42.6 Å². The van der Waals surface area contributed by atoms with Crippen LogP contribution in [0.25, 0.3) is 0 Å². The Kier molecular flexibility index (Phi) is 8.85. The largest absolute Gasteiger partial charge is 0.490 e. The smallest absolute Gasteiger partial charge is 0.257 e. The summed E-state index contributed by atoms with van der Waals surface area (Å²) in [4.78, 5) is 12.7. The van der Waals surface area contributed by atoms with E-state index in [1.54, 1.807) is 24.3 Å². The molecule has 0 aliphatic heterocycles.